The normalized spacial score (nSPS) is 11.6. The molecule has 132 valence electrons. The molecule has 0 radical (unpaired) electrons. The van der Waals surface area contributed by atoms with Gasteiger partial charge in [-0.3, -0.25) is 9.59 Å². The van der Waals surface area contributed by atoms with Crippen LogP contribution in [0.15, 0.2) is 48.5 Å². The van der Waals surface area contributed by atoms with Gasteiger partial charge in [0.25, 0.3) is 0 Å². The van der Waals surface area contributed by atoms with Crippen LogP contribution in [-0.4, -0.2) is 22.8 Å². The molecular weight excluding hydrogens is 363 g/mol. The molecular formula is C18H18ClFN2O2S. The van der Waals surface area contributed by atoms with E-state index in [-0.39, 0.29) is 28.6 Å². The molecule has 2 N–H and O–H groups in total. The largest absolute Gasteiger partial charge is 0.351 e. The lowest BCUT2D eigenvalue weighted by Crippen LogP contribution is -2.31. The third kappa shape index (κ3) is 6.40. The van der Waals surface area contributed by atoms with E-state index in [1.807, 2.05) is 18.2 Å². The van der Waals surface area contributed by atoms with Gasteiger partial charge in [0.05, 0.1) is 11.0 Å². The van der Waals surface area contributed by atoms with E-state index in [1.54, 1.807) is 13.0 Å². The zero-order valence-corrected chi connectivity index (χ0v) is 15.2. The van der Waals surface area contributed by atoms with Crippen LogP contribution in [0.2, 0.25) is 5.02 Å². The summed E-state index contributed by atoms with van der Waals surface area (Å²) in [5.74, 6) is -0.657. The summed E-state index contributed by atoms with van der Waals surface area (Å²) in [6.07, 6.45) is 0. The Morgan fingerprint density at radius 1 is 1.16 bits per heavy atom. The molecule has 2 aromatic rings. The molecule has 1 atom stereocenters. The first-order valence-corrected chi connectivity index (χ1v) is 9.06. The number of hydrogen-bond donors (Lipinski definition) is 2. The standard InChI is InChI=1S/C18H18ClFN2O2S/c1-12(18(24)21-10-13-4-2-3-5-16(13)19)25-11-17(23)22-15-8-6-14(20)7-9-15/h2-9,12H,10-11H2,1H3,(H,21,24)(H,22,23). The van der Waals surface area contributed by atoms with Crippen LogP contribution < -0.4 is 10.6 Å². The summed E-state index contributed by atoms with van der Waals surface area (Å²) >= 11 is 7.27. The minimum atomic E-state index is -0.388. The highest BCUT2D eigenvalue weighted by Crippen LogP contribution is 2.16. The highest BCUT2D eigenvalue weighted by Gasteiger charge is 2.15. The molecule has 0 saturated carbocycles. The number of benzene rings is 2. The van der Waals surface area contributed by atoms with Crippen LogP contribution in [0, 0.1) is 5.82 Å². The van der Waals surface area contributed by atoms with Crippen molar-refractivity contribution in [2.45, 2.75) is 18.7 Å². The Labute approximate surface area is 155 Å². The summed E-state index contributed by atoms with van der Waals surface area (Å²) in [7, 11) is 0. The Hall–Kier alpha value is -2.05. The SMILES string of the molecule is CC(SCC(=O)Nc1ccc(F)cc1)C(=O)NCc1ccccc1Cl. The van der Waals surface area contributed by atoms with Gasteiger partial charge in [0.15, 0.2) is 0 Å². The number of carbonyl (C=O) groups is 2. The van der Waals surface area contributed by atoms with Gasteiger partial charge < -0.3 is 10.6 Å². The van der Waals surface area contributed by atoms with E-state index < -0.39 is 0 Å². The van der Waals surface area contributed by atoms with E-state index in [4.69, 9.17) is 11.6 Å². The Bertz CT molecular complexity index is 740. The molecule has 0 aliphatic rings. The zero-order chi connectivity index (χ0) is 18.2. The van der Waals surface area contributed by atoms with Crippen LogP contribution in [0.25, 0.3) is 0 Å². The van der Waals surface area contributed by atoms with Gasteiger partial charge in [0.1, 0.15) is 5.82 Å². The van der Waals surface area contributed by atoms with Crippen LogP contribution >= 0.6 is 23.4 Å². The first-order valence-electron chi connectivity index (χ1n) is 7.64. The molecule has 4 nitrogen and oxygen atoms in total. The topological polar surface area (TPSA) is 58.2 Å². The second-order valence-corrected chi connectivity index (χ2v) is 7.05. The minimum absolute atomic E-state index is 0.123. The quantitative estimate of drug-likeness (QED) is 0.766. The summed E-state index contributed by atoms with van der Waals surface area (Å²) in [5.41, 5.74) is 1.35. The van der Waals surface area contributed by atoms with Gasteiger partial charge in [-0.2, -0.15) is 0 Å². The van der Waals surface area contributed by atoms with Crippen molar-refractivity contribution < 1.29 is 14.0 Å². The molecule has 0 saturated heterocycles. The fourth-order valence-electron chi connectivity index (χ4n) is 1.97. The Morgan fingerprint density at radius 3 is 2.52 bits per heavy atom. The van der Waals surface area contributed by atoms with Crippen molar-refractivity contribution in [2.75, 3.05) is 11.1 Å². The van der Waals surface area contributed by atoms with Crippen molar-refractivity contribution in [1.82, 2.24) is 5.32 Å². The van der Waals surface area contributed by atoms with Gasteiger partial charge in [-0.15, -0.1) is 11.8 Å². The Morgan fingerprint density at radius 2 is 1.84 bits per heavy atom. The fourth-order valence-corrected chi connectivity index (χ4v) is 2.89. The molecule has 0 aromatic heterocycles. The zero-order valence-electron chi connectivity index (χ0n) is 13.6. The predicted octanol–water partition coefficient (Wildman–Crippen LogP) is 3.86. The maximum atomic E-state index is 12.8. The average molecular weight is 381 g/mol. The Balaban J connectivity index is 1.74. The smallest absolute Gasteiger partial charge is 0.234 e. The molecule has 2 amide bonds. The summed E-state index contributed by atoms with van der Waals surface area (Å²) in [6.45, 7) is 2.07. The third-order valence-electron chi connectivity index (χ3n) is 3.37. The van der Waals surface area contributed by atoms with E-state index in [2.05, 4.69) is 10.6 Å². The molecule has 0 fully saturated rings. The number of carbonyl (C=O) groups excluding carboxylic acids is 2. The highest BCUT2D eigenvalue weighted by atomic mass is 35.5. The van der Waals surface area contributed by atoms with Gasteiger partial charge in [-0.25, -0.2) is 4.39 Å². The monoisotopic (exact) mass is 380 g/mol. The maximum absolute atomic E-state index is 12.8. The molecule has 0 aliphatic heterocycles. The number of halogens is 2. The van der Waals surface area contributed by atoms with Gasteiger partial charge in [0, 0.05) is 17.3 Å². The number of rotatable bonds is 7. The highest BCUT2D eigenvalue weighted by molar-refractivity contribution is 8.01. The summed E-state index contributed by atoms with van der Waals surface area (Å²) < 4.78 is 12.8. The van der Waals surface area contributed by atoms with Gasteiger partial charge in [0.2, 0.25) is 11.8 Å². The van der Waals surface area contributed by atoms with Crippen LogP contribution in [0.3, 0.4) is 0 Å². The van der Waals surface area contributed by atoms with Crippen LogP contribution in [-0.2, 0) is 16.1 Å². The molecule has 2 aromatic carbocycles. The lowest BCUT2D eigenvalue weighted by Gasteiger charge is -2.12. The molecule has 7 heteroatoms. The summed E-state index contributed by atoms with van der Waals surface area (Å²) in [5, 5.41) is 5.67. The van der Waals surface area contributed by atoms with Crippen molar-refractivity contribution in [3.8, 4) is 0 Å². The van der Waals surface area contributed by atoms with Crippen molar-refractivity contribution >= 4 is 40.9 Å². The Kier molecular flexibility index (Phi) is 7.28. The molecule has 25 heavy (non-hydrogen) atoms. The van der Waals surface area contributed by atoms with E-state index in [0.717, 1.165) is 5.56 Å². The van der Waals surface area contributed by atoms with E-state index in [1.165, 1.54) is 36.0 Å². The van der Waals surface area contributed by atoms with Crippen molar-refractivity contribution in [1.29, 1.82) is 0 Å². The van der Waals surface area contributed by atoms with Crippen LogP contribution in [0.1, 0.15) is 12.5 Å². The number of amides is 2. The molecule has 1 unspecified atom stereocenters. The molecule has 0 aliphatic carbocycles. The summed E-state index contributed by atoms with van der Waals surface area (Å²) in [6, 6.07) is 12.8. The molecule has 0 spiro atoms. The second kappa shape index (κ2) is 9.44. The first kappa shape index (κ1) is 19.3. The van der Waals surface area contributed by atoms with Crippen molar-refractivity contribution in [2.24, 2.45) is 0 Å². The third-order valence-corrected chi connectivity index (χ3v) is 4.88. The van der Waals surface area contributed by atoms with Gasteiger partial charge >= 0.3 is 0 Å². The lowest BCUT2D eigenvalue weighted by atomic mass is 10.2. The number of hydrogen-bond acceptors (Lipinski definition) is 3. The predicted molar refractivity (Wildman–Crippen MR) is 100 cm³/mol. The lowest BCUT2D eigenvalue weighted by molar-refractivity contribution is -0.120. The fraction of sp³-hybridized carbons (Fsp3) is 0.222. The van der Waals surface area contributed by atoms with Crippen molar-refractivity contribution in [3.05, 3.63) is 64.9 Å². The summed E-state index contributed by atoms with van der Waals surface area (Å²) in [4.78, 5) is 24.0. The van der Waals surface area contributed by atoms with Gasteiger partial charge in [-0.1, -0.05) is 29.8 Å². The first-order chi connectivity index (χ1) is 12.0. The van der Waals surface area contributed by atoms with E-state index in [0.29, 0.717) is 17.3 Å². The van der Waals surface area contributed by atoms with Crippen LogP contribution in [0.4, 0.5) is 10.1 Å². The number of anilines is 1. The molecule has 2 rings (SSSR count). The molecule has 0 bridgehead atoms. The number of thioether (sulfide) groups is 1. The van der Waals surface area contributed by atoms with Gasteiger partial charge in [-0.05, 0) is 42.8 Å². The maximum Gasteiger partial charge on any atom is 0.234 e. The number of nitrogens with one attached hydrogen (secondary N) is 2. The van der Waals surface area contributed by atoms with E-state index >= 15 is 0 Å². The minimum Gasteiger partial charge on any atom is -0.351 e. The molecule has 0 heterocycles. The van der Waals surface area contributed by atoms with E-state index in [9.17, 15) is 14.0 Å². The average Bonchev–Trinajstić information content (AvgIpc) is 2.60. The second-order valence-electron chi connectivity index (χ2n) is 5.32. The van der Waals surface area contributed by atoms with Crippen LogP contribution in [0.5, 0.6) is 0 Å². The van der Waals surface area contributed by atoms with Crippen molar-refractivity contribution in [3.63, 3.8) is 0 Å².